The zero-order valence-corrected chi connectivity index (χ0v) is 28.1. The summed E-state index contributed by atoms with van der Waals surface area (Å²) in [5, 5.41) is 0. The molecule has 3 heterocycles. The minimum Gasteiger partial charge on any atom is -0.497 e. The van der Waals surface area contributed by atoms with Crippen LogP contribution in [0.15, 0.2) is 125 Å². The van der Waals surface area contributed by atoms with Crippen LogP contribution in [0.3, 0.4) is 0 Å². The van der Waals surface area contributed by atoms with Gasteiger partial charge in [0.25, 0.3) is 5.56 Å². The van der Waals surface area contributed by atoms with Gasteiger partial charge in [-0.15, -0.1) is 4.34 Å². The molecule has 1 unspecified atom stereocenters. The third-order valence-electron chi connectivity index (χ3n) is 8.54. The first kappa shape index (κ1) is 34.0. The predicted molar refractivity (Wildman–Crippen MR) is 180 cm³/mol. The average Bonchev–Trinajstić information content (AvgIpc) is 3.52. The topological polar surface area (TPSA) is 142 Å². The van der Waals surface area contributed by atoms with E-state index in [1.54, 1.807) is 39.3 Å². The van der Waals surface area contributed by atoms with Gasteiger partial charge in [-0.3, -0.25) is 19.2 Å². The maximum atomic E-state index is 13.6. The second-order valence-corrected chi connectivity index (χ2v) is 13.2. The van der Waals surface area contributed by atoms with E-state index >= 15 is 0 Å². The third kappa shape index (κ3) is 7.01. The number of pyridine rings is 1. The third-order valence-corrected chi connectivity index (χ3v) is 9.93. The van der Waals surface area contributed by atoms with Crippen molar-refractivity contribution in [2.45, 2.75) is 37.4 Å². The molecule has 6 rings (SSSR count). The van der Waals surface area contributed by atoms with Gasteiger partial charge >= 0.3 is 13.4 Å². The number of H-pyrrole nitrogens is 1. The molecular formula is C36H37N3O9P+. The van der Waals surface area contributed by atoms with E-state index in [0.29, 0.717) is 17.1 Å². The second-order valence-electron chi connectivity index (χ2n) is 11.5. The Bertz CT molecular complexity index is 1990. The van der Waals surface area contributed by atoms with Gasteiger partial charge in [0.05, 0.1) is 20.8 Å². The minimum absolute atomic E-state index is 0.0147. The zero-order valence-electron chi connectivity index (χ0n) is 27.2. The SMILES string of the molecule is COc1ccc(C(OC[C@H]2O[C@@H](n3cc(C)c(=O)[nH]c3=O)C[C@@H]2OP(=O)(O)[n+]2ccccc2)(c2ccccc2)c2ccc(OC)cc2)cc1. The summed E-state index contributed by atoms with van der Waals surface area (Å²) in [7, 11) is -1.24. The van der Waals surface area contributed by atoms with Gasteiger partial charge in [0.2, 0.25) is 0 Å². The largest absolute Gasteiger partial charge is 0.610 e. The first-order valence-electron chi connectivity index (χ1n) is 15.6. The molecule has 5 aromatic rings. The van der Waals surface area contributed by atoms with E-state index in [0.717, 1.165) is 21.0 Å². The van der Waals surface area contributed by atoms with Gasteiger partial charge in [-0.1, -0.05) is 60.7 Å². The van der Waals surface area contributed by atoms with E-state index in [-0.39, 0.29) is 13.0 Å². The molecule has 254 valence electrons. The lowest BCUT2D eigenvalue weighted by Gasteiger charge is -2.37. The Labute approximate surface area is 282 Å². The van der Waals surface area contributed by atoms with Crippen molar-refractivity contribution in [3.63, 3.8) is 0 Å². The number of aromatic amines is 1. The number of rotatable bonds is 12. The summed E-state index contributed by atoms with van der Waals surface area (Å²) in [5.74, 6) is 1.32. The van der Waals surface area contributed by atoms with Crippen LogP contribution < -0.4 is 25.1 Å². The molecule has 0 bridgehead atoms. The lowest BCUT2D eigenvalue weighted by Crippen LogP contribution is -2.40. The first-order valence-corrected chi connectivity index (χ1v) is 17.1. The fourth-order valence-corrected chi connectivity index (χ4v) is 7.18. The number of aryl methyl sites for hydroxylation is 1. The van der Waals surface area contributed by atoms with Gasteiger partial charge in [0.15, 0.2) is 12.4 Å². The molecule has 49 heavy (non-hydrogen) atoms. The predicted octanol–water partition coefficient (Wildman–Crippen LogP) is 4.48. The highest BCUT2D eigenvalue weighted by molar-refractivity contribution is 7.45. The summed E-state index contributed by atoms with van der Waals surface area (Å²) in [4.78, 5) is 38.4. The zero-order chi connectivity index (χ0) is 34.6. The monoisotopic (exact) mass is 686 g/mol. The van der Waals surface area contributed by atoms with E-state index in [1.165, 1.54) is 23.2 Å². The molecule has 3 aromatic carbocycles. The Kier molecular flexibility index (Phi) is 9.96. The van der Waals surface area contributed by atoms with E-state index in [9.17, 15) is 19.0 Å². The fraction of sp³-hybridized carbons (Fsp3) is 0.250. The number of ether oxygens (including phenoxy) is 4. The smallest absolute Gasteiger partial charge is 0.497 e. The van der Waals surface area contributed by atoms with Crippen LogP contribution in [-0.4, -0.2) is 47.5 Å². The summed E-state index contributed by atoms with van der Waals surface area (Å²) in [6, 6.07) is 29.6. The van der Waals surface area contributed by atoms with Crippen molar-refractivity contribution in [3.8, 4) is 11.5 Å². The van der Waals surface area contributed by atoms with Crippen LogP contribution in [0.2, 0.25) is 0 Å². The van der Waals surface area contributed by atoms with Gasteiger partial charge in [-0.25, -0.2) is 9.32 Å². The maximum Gasteiger partial charge on any atom is 0.610 e. The van der Waals surface area contributed by atoms with Crippen LogP contribution in [-0.2, 0) is 24.2 Å². The van der Waals surface area contributed by atoms with Crippen molar-refractivity contribution < 1.29 is 37.3 Å². The van der Waals surface area contributed by atoms with Crippen LogP contribution in [0.1, 0.15) is 34.9 Å². The number of aromatic nitrogens is 3. The molecule has 1 saturated heterocycles. The van der Waals surface area contributed by atoms with Crippen LogP contribution in [0.25, 0.3) is 0 Å². The lowest BCUT2D eigenvalue weighted by atomic mass is 9.80. The molecule has 0 aliphatic carbocycles. The molecule has 2 aromatic heterocycles. The number of benzene rings is 3. The van der Waals surface area contributed by atoms with Crippen LogP contribution >= 0.6 is 7.75 Å². The number of hydrogen-bond donors (Lipinski definition) is 2. The molecule has 1 aliphatic heterocycles. The van der Waals surface area contributed by atoms with Crippen LogP contribution in [0, 0.1) is 6.92 Å². The van der Waals surface area contributed by atoms with Gasteiger partial charge < -0.3 is 18.9 Å². The molecule has 2 N–H and O–H groups in total. The van der Waals surface area contributed by atoms with Gasteiger partial charge in [0, 0.05) is 30.3 Å². The van der Waals surface area contributed by atoms with E-state index in [4.69, 9.17) is 23.5 Å². The fourth-order valence-electron chi connectivity index (χ4n) is 6.00. The first-order chi connectivity index (χ1) is 23.6. The van der Waals surface area contributed by atoms with Crippen molar-refractivity contribution in [1.29, 1.82) is 0 Å². The average molecular weight is 687 g/mol. The van der Waals surface area contributed by atoms with Gasteiger partial charge in [-0.2, -0.15) is 4.57 Å². The van der Waals surface area contributed by atoms with Crippen molar-refractivity contribution >= 4 is 7.75 Å². The molecule has 0 saturated carbocycles. The van der Waals surface area contributed by atoms with Crippen molar-refractivity contribution in [2.24, 2.45) is 0 Å². The summed E-state index contributed by atoms with van der Waals surface area (Å²) in [6.45, 7) is 1.44. The number of nitrogens with zero attached hydrogens (tertiary/aromatic N) is 2. The van der Waals surface area contributed by atoms with E-state index in [2.05, 4.69) is 4.98 Å². The highest BCUT2D eigenvalue weighted by Gasteiger charge is 2.47. The molecule has 12 nitrogen and oxygen atoms in total. The molecule has 0 spiro atoms. The molecule has 4 atom stereocenters. The molecule has 13 heteroatoms. The van der Waals surface area contributed by atoms with Crippen LogP contribution in [0.4, 0.5) is 0 Å². The van der Waals surface area contributed by atoms with E-state index < -0.39 is 43.0 Å². The molecular weight excluding hydrogens is 649 g/mol. The highest BCUT2D eigenvalue weighted by Crippen LogP contribution is 2.46. The highest BCUT2D eigenvalue weighted by atomic mass is 31.2. The Morgan fingerprint density at radius 3 is 2.00 bits per heavy atom. The van der Waals surface area contributed by atoms with Crippen LogP contribution in [0.5, 0.6) is 11.5 Å². The minimum atomic E-state index is -4.43. The lowest BCUT2D eigenvalue weighted by molar-refractivity contribution is -0.541. The number of hydrogen-bond acceptors (Lipinski definition) is 8. The summed E-state index contributed by atoms with van der Waals surface area (Å²) < 4.78 is 46.2. The molecule has 1 aliphatic rings. The summed E-state index contributed by atoms with van der Waals surface area (Å²) in [6.07, 6.45) is 1.41. The molecule has 0 amide bonds. The normalized spacial score (nSPS) is 18.9. The van der Waals surface area contributed by atoms with E-state index in [1.807, 2.05) is 78.9 Å². The maximum absolute atomic E-state index is 13.6. The molecule has 0 radical (unpaired) electrons. The van der Waals surface area contributed by atoms with Crippen molar-refractivity contribution in [1.82, 2.24) is 9.55 Å². The van der Waals surface area contributed by atoms with Gasteiger partial charge in [-0.05, 0) is 47.9 Å². The number of nitrogens with one attached hydrogen (secondary N) is 1. The Morgan fingerprint density at radius 2 is 1.43 bits per heavy atom. The summed E-state index contributed by atoms with van der Waals surface area (Å²) in [5.41, 5.74) is 0.245. The van der Waals surface area contributed by atoms with Crippen molar-refractivity contribution in [2.75, 3.05) is 20.8 Å². The standard InChI is InChI=1S/C36H36N3O9P/c1-25-23-39(35(41)37-34(25)40)33-22-31(48-49(42,43)38-20-8-5-9-21-38)32(47-33)24-46-36(26-10-6-4-7-11-26,27-12-16-29(44-2)17-13-27)28-14-18-30(45-3)19-15-28/h4-21,23,31-33H,22,24H2,1-3H3,(H-,37,40,41,42,43)/p+1/t31-,32+,33+/m0/s1. The second kappa shape index (κ2) is 14.3. The summed E-state index contributed by atoms with van der Waals surface area (Å²) >= 11 is 0. The van der Waals surface area contributed by atoms with Crippen molar-refractivity contribution in [3.05, 3.63) is 159 Å². The Morgan fingerprint density at radius 1 is 0.878 bits per heavy atom. The number of methoxy groups -OCH3 is 2. The Balaban J connectivity index is 1.43. The molecule has 1 fully saturated rings. The quantitative estimate of drug-likeness (QED) is 0.144. The van der Waals surface area contributed by atoms with Gasteiger partial charge in [0.1, 0.15) is 35.5 Å². The Hall–Kier alpha value is -4.84.